The van der Waals surface area contributed by atoms with Crippen molar-refractivity contribution < 1.29 is 18.6 Å². The SMILES string of the molecule is COc1ccc(F)cc1C1CCN(c2nc(C3CC3)nc3cc(F)c(N(C)CCO)cc23)CC1. The molecule has 0 atom stereocenters. The third-order valence-corrected chi connectivity index (χ3v) is 6.98. The first-order valence-corrected chi connectivity index (χ1v) is 11.9. The molecule has 34 heavy (non-hydrogen) atoms. The Morgan fingerprint density at radius 3 is 2.50 bits per heavy atom. The Bertz CT molecular complexity index is 1190. The number of rotatable bonds is 7. The summed E-state index contributed by atoms with van der Waals surface area (Å²) in [5.74, 6) is 2.26. The Labute approximate surface area is 198 Å². The second-order valence-corrected chi connectivity index (χ2v) is 9.29. The number of likely N-dealkylation sites (N-methyl/N-ethyl adjacent to an activating group) is 1. The van der Waals surface area contributed by atoms with E-state index in [0.717, 1.165) is 67.1 Å². The normalized spacial score (nSPS) is 16.8. The molecule has 1 saturated carbocycles. The summed E-state index contributed by atoms with van der Waals surface area (Å²) in [5, 5.41) is 10.1. The molecule has 8 heteroatoms. The predicted molar refractivity (Wildman–Crippen MR) is 129 cm³/mol. The number of hydrogen-bond donors (Lipinski definition) is 1. The number of methoxy groups -OCH3 is 1. The molecule has 2 aromatic carbocycles. The Balaban J connectivity index is 1.48. The number of ether oxygens (including phenoxy) is 1. The van der Waals surface area contributed by atoms with Crippen LogP contribution in [0.25, 0.3) is 10.9 Å². The first kappa shape index (κ1) is 22.8. The molecule has 2 heterocycles. The van der Waals surface area contributed by atoms with Crippen molar-refractivity contribution in [2.75, 3.05) is 50.2 Å². The minimum Gasteiger partial charge on any atom is -0.496 e. The van der Waals surface area contributed by atoms with Gasteiger partial charge in [0.25, 0.3) is 0 Å². The third-order valence-electron chi connectivity index (χ3n) is 6.98. The van der Waals surface area contributed by atoms with Crippen LogP contribution >= 0.6 is 0 Å². The van der Waals surface area contributed by atoms with Gasteiger partial charge in [0, 0.05) is 49.6 Å². The fourth-order valence-corrected chi connectivity index (χ4v) is 4.89. The highest BCUT2D eigenvalue weighted by atomic mass is 19.1. The van der Waals surface area contributed by atoms with Crippen LogP contribution in [0.15, 0.2) is 30.3 Å². The highest BCUT2D eigenvalue weighted by Gasteiger charge is 2.30. The van der Waals surface area contributed by atoms with Gasteiger partial charge in [0.2, 0.25) is 0 Å². The summed E-state index contributed by atoms with van der Waals surface area (Å²) < 4.78 is 34.3. The number of aliphatic hydroxyl groups is 1. The number of hydrogen-bond acceptors (Lipinski definition) is 6. The molecule has 1 aliphatic carbocycles. The van der Waals surface area contributed by atoms with Crippen molar-refractivity contribution in [3.63, 3.8) is 0 Å². The average Bonchev–Trinajstić information content (AvgIpc) is 3.69. The molecule has 6 nitrogen and oxygen atoms in total. The van der Waals surface area contributed by atoms with Gasteiger partial charge in [-0.2, -0.15) is 0 Å². The molecule has 0 amide bonds. The van der Waals surface area contributed by atoms with Crippen molar-refractivity contribution in [1.29, 1.82) is 0 Å². The van der Waals surface area contributed by atoms with Crippen LogP contribution < -0.4 is 14.5 Å². The molecule has 2 aliphatic rings. The molecule has 1 saturated heterocycles. The molecule has 1 aromatic heterocycles. The maximum absolute atomic E-state index is 14.9. The first-order valence-electron chi connectivity index (χ1n) is 11.9. The van der Waals surface area contributed by atoms with E-state index >= 15 is 0 Å². The summed E-state index contributed by atoms with van der Waals surface area (Å²) in [6, 6.07) is 7.98. The lowest BCUT2D eigenvalue weighted by atomic mass is 9.88. The van der Waals surface area contributed by atoms with E-state index < -0.39 is 0 Å². The van der Waals surface area contributed by atoms with Crippen LogP contribution in [0.1, 0.15) is 48.9 Å². The molecule has 0 unspecified atom stereocenters. The molecule has 1 N–H and O–H groups in total. The number of benzene rings is 2. The Morgan fingerprint density at radius 1 is 1.06 bits per heavy atom. The summed E-state index contributed by atoms with van der Waals surface area (Å²) in [7, 11) is 3.38. The number of aromatic nitrogens is 2. The van der Waals surface area contributed by atoms with Gasteiger partial charge in [0.15, 0.2) is 0 Å². The van der Waals surface area contributed by atoms with Gasteiger partial charge < -0.3 is 19.6 Å². The van der Waals surface area contributed by atoms with Crippen molar-refractivity contribution in [3.05, 3.63) is 53.4 Å². The Hall–Kier alpha value is -3.00. The molecule has 3 aromatic rings. The van der Waals surface area contributed by atoms with E-state index in [0.29, 0.717) is 23.7 Å². The zero-order valence-corrected chi connectivity index (χ0v) is 19.6. The third kappa shape index (κ3) is 4.39. The summed E-state index contributed by atoms with van der Waals surface area (Å²) in [6.07, 6.45) is 3.80. The van der Waals surface area contributed by atoms with E-state index in [1.807, 2.05) is 0 Å². The van der Waals surface area contributed by atoms with Gasteiger partial charge in [-0.3, -0.25) is 0 Å². The largest absolute Gasteiger partial charge is 0.496 e. The zero-order chi connectivity index (χ0) is 23.8. The van der Waals surface area contributed by atoms with E-state index in [-0.39, 0.29) is 24.2 Å². The van der Waals surface area contributed by atoms with E-state index in [2.05, 4.69) is 4.90 Å². The summed E-state index contributed by atoms with van der Waals surface area (Å²) in [5.41, 5.74) is 1.94. The number of aliphatic hydroxyl groups excluding tert-OH is 1. The standard InChI is InChI=1S/C26H30F2N4O2/c1-31(11-12-33)23-14-20-22(15-21(23)28)29-25(17-3-4-17)30-26(20)32-9-7-16(8-10-32)19-13-18(27)5-6-24(19)34-2/h5-6,13-17,33H,3-4,7-12H2,1-2H3. The number of anilines is 2. The topological polar surface area (TPSA) is 61.7 Å². The Kier molecular flexibility index (Phi) is 6.25. The molecule has 0 bridgehead atoms. The second kappa shape index (κ2) is 9.33. The molecular formula is C26H30F2N4O2. The molecule has 1 aliphatic heterocycles. The molecule has 0 spiro atoms. The molecule has 2 fully saturated rings. The van der Waals surface area contributed by atoms with Crippen molar-refractivity contribution in [2.45, 2.75) is 37.5 Å². The number of nitrogens with zero attached hydrogens (tertiary/aromatic N) is 4. The zero-order valence-electron chi connectivity index (χ0n) is 19.6. The van der Waals surface area contributed by atoms with Gasteiger partial charge in [0.05, 0.1) is 24.9 Å². The minimum absolute atomic E-state index is 0.0605. The van der Waals surface area contributed by atoms with Crippen LogP contribution in [0.5, 0.6) is 5.75 Å². The minimum atomic E-state index is -0.355. The molecule has 5 rings (SSSR count). The van der Waals surface area contributed by atoms with Crippen molar-refractivity contribution >= 4 is 22.4 Å². The Morgan fingerprint density at radius 2 is 1.82 bits per heavy atom. The maximum atomic E-state index is 14.9. The van der Waals surface area contributed by atoms with Crippen LogP contribution in [-0.2, 0) is 0 Å². The van der Waals surface area contributed by atoms with Crippen molar-refractivity contribution in [2.24, 2.45) is 0 Å². The van der Waals surface area contributed by atoms with Gasteiger partial charge >= 0.3 is 0 Å². The summed E-state index contributed by atoms with van der Waals surface area (Å²) in [6.45, 7) is 1.77. The predicted octanol–water partition coefficient (Wildman–Crippen LogP) is 4.61. The van der Waals surface area contributed by atoms with Crippen molar-refractivity contribution in [1.82, 2.24) is 9.97 Å². The number of piperidine rings is 1. The van der Waals surface area contributed by atoms with E-state index in [9.17, 15) is 13.9 Å². The highest BCUT2D eigenvalue weighted by Crippen LogP contribution is 2.42. The van der Waals surface area contributed by atoms with Gasteiger partial charge in [-0.15, -0.1) is 0 Å². The number of halogens is 2. The lowest BCUT2D eigenvalue weighted by Gasteiger charge is -2.34. The fourth-order valence-electron chi connectivity index (χ4n) is 4.89. The monoisotopic (exact) mass is 468 g/mol. The van der Waals surface area contributed by atoms with Gasteiger partial charge in [-0.25, -0.2) is 18.7 Å². The van der Waals surface area contributed by atoms with Crippen LogP contribution in [-0.4, -0.2) is 55.5 Å². The quantitative estimate of drug-likeness (QED) is 0.547. The maximum Gasteiger partial charge on any atom is 0.148 e. The summed E-state index contributed by atoms with van der Waals surface area (Å²) in [4.78, 5) is 13.6. The highest BCUT2D eigenvalue weighted by molar-refractivity contribution is 5.92. The van der Waals surface area contributed by atoms with Gasteiger partial charge in [0.1, 0.15) is 29.0 Å². The molecule has 180 valence electrons. The van der Waals surface area contributed by atoms with E-state index in [4.69, 9.17) is 14.7 Å². The number of fused-ring (bicyclic) bond motifs is 1. The smallest absolute Gasteiger partial charge is 0.148 e. The van der Waals surface area contributed by atoms with Crippen LogP contribution in [0.4, 0.5) is 20.3 Å². The molecule has 0 radical (unpaired) electrons. The van der Waals surface area contributed by atoms with Crippen LogP contribution in [0.3, 0.4) is 0 Å². The fraction of sp³-hybridized carbons (Fsp3) is 0.462. The second-order valence-electron chi connectivity index (χ2n) is 9.29. The van der Waals surface area contributed by atoms with Gasteiger partial charge in [-0.05, 0) is 55.9 Å². The van der Waals surface area contributed by atoms with Crippen LogP contribution in [0.2, 0.25) is 0 Å². The lowest BCUT2D eigenvalue weighted by Crippen LogP contribution is -2.34. The average molecular weight is 469 g/mol. The van der Waals surface area contributed by atoms with Gasteiger partial charge in [-0.1, -0.05) is 0 Å². The molecular weight excluding hydrogens is 438 g/mol. The van der Waals surface area contributed by atoms with E-state index in [1.54, 1.807) is 37.3 Å². The first-order chi connectivity index (χ1) is 16.5. The lowest BCUT2D eigenvalue weighted by molar-refractivity contribution is 0.304. The van der Waals surface area contributed by atoms with E-state index in [1.165, 1.54) is 12.1 Å². The van der Waals surface area contributed by atoms with Crippen molar-refractivity contribution in [3.8, 4) is 5.75 Å². The van der Waals surface area contributed by atoms with Crippen LogP contribution in [0, 0.1) is 11.6 Å². The summed E-state index contributed by atoms with van der Waals surface area (Å²) >= 11 is 0.